The van der Waals surface area contributed by atoms with E-state index in [9.17, 15) is 4.79 Å². The maximum absolute atomic E-state index is 12.1. The van der Waals surface area contributed by atoms with Gasteiger partial charge in [0, 0.05) is 6.54 Å². The second-order valence-electron chi connectivity index (χ2n) is 4.38. The summed E-state index contributed by atoms with van der Waals surface area (Å²) in [5.41, 5.74) is 1.19. The molecule has 2 N–H and O–H groups in total. The van der Waals surface area contributed by atoms with E-state index in [0.717, 1.165) is 12.1 Å². The highest BCUT2D eigenvalue weighted by atomic mass is 35.5. The van der Waals surface area contributed by atoms with Crippen molar-refractivity contribution in [2.24, 2.45) is 5.41 Å². The van der Waals surface area contributed by atoms with Crippen LogP contribution in [0, 0.1) is 5.41 Å². The van der Waals surface area contributed by atoms with Gasteiger partial charge in [-0.2, -0.15) is 0 Å². The fourth-order valence-electron chi connectivity index (χ4n) is 1.72. The molecule has 1 aliphatic rings. The summed E-state index contributed by atoms with van der Waals surface area (Å²) in [6.07, 6.45) is 0.789. The lowest BCUT2D eigenvalue weighted by Crippen LogP contribution is -2.36. The average molecular weight is 239 g/mol. The minimum Gasteiger partial charge on any atom is -0.382 e. The molecule has 86 valence electrons. The molecular weight excluding hydrogens is 224 g/mol. The van der Waals surface area contributed by atoms with Crippen LogP contribution in [0.5, 0.6) is 0 Å². The Morgan fingerprint density at radius 2 is 2.25 bits per heavy atom. The molecule has 1 amide bonds. The standard InChI is InChI=1S/C12H15ClN2O/c1-3-12(2)7-14-9-6-4-5-8(13)10(9)15-11(12)16/h4-6,14H,3,7H2,1-2H3,(H,15,16). The molecule has 0 spiro atoms. The number of anilines is 2. The summed E-state index contributed by atoms with van der Waals surface area (Å²) >= 11 is 6.06. The molecule has 1 unspecified atom stereocenters. The van der Waals surface area contributed by atoms with Gasteiger partial charge in [0.05, 0.1) is 21.8 Å². The fraction of sp³-hybridized carbons (Fsp3) is 0.417. The van der Waals surface area contributed by atoms with Gasteiger partial charge in [0.2, 0.25) is 5.91 Å². The Kier molecular flexibility index (Phi) is 2.80. The van der Waals surface area contributed by atoms with E-state index >= 15 is 0 Å². The first kappa shape index (κ1) is 11.3. The lowest BCUT2D eigenvalue weighted by molar-refractivity contribution is -0.124. The van der Waals surface area contributed by atoms with Gasteiger partial charge in [0.1, 0.15) is 0 Å². The second kappa shape index (κ2) is 3.98. The third-order valence-corrected chi connectivity index (χ3v) is 3.56. The number of nitrogens with one attached hydrogen (secondary N) is 2. The van der Waals surface area contributed by atoms with E-state index < -0.39 is 0 Å². The van der Waals surface area contributed by atoms with Crippen LogP contribution in [0.1, 0.15) is 20.3 Å². The largest absolute Gasteiger partial charge is 0.382 e. The normalized spacial score (nSPS) is 24.1. The van der Waals surface area contributed by atoms with Crippen molar-refractivity contribution in [3.63, 3.8) is 0 Å². The Bertz CT molecular complexity index is 433. The third-order valence-electron chi connectivity index (χ3n) is 3.25. The van der Waals surface area contributed by atoms with Crippen LogP contribution in [0.3, 0.4) is 0 Å². The summed E-state index contributed by atoms with van der Waals surface area (Å²) in [7, 11) is 0. The summed E-state index contributed by atoms with van der Waals surface area (Å²) in [5, 5.41) is 6.74. The first-order valence-corrected chi connectivity index (χ1v) is 5.78. The Morgan fingerprint density at radius 3 is 2.94 bits per heavy atom. The van der Waals surface area contributed by atoms with Crippen molar-refractivity contribution >= 4 is 28.9 Å². The van der Waals surface area contributed by atoms with Crippen molar-refractivity contribution in [1.29, 1.82) is 0 Å². The number of para-hydroxylation sites is 1. The van der Waals surface area contributed by atoms with E-state index in [2.05, 4.69) is 10.6 Å². The maximum Gasteiger partial charge on any atom is 0.232 e. The molecule has 0 saturated heterocycles. The van der Waals surface area contributed by atoms with Crippen LogP contribution in [-0.4, -0.2) is 12.5 Å². The maximum atomic E-state index is 12.1. The van der Waals surface area contributed by atoms with Crippen LogP contribution in [0.15, 0.2) is 18.2 Å². The molecule has 16 heavy (non-hydrogen) atoms. The Morgan fingerprint density at radius 1 is 1.50 bits per heavy atom. The van der Waals surface area contributed by atoms with Crippen molar-refractivity contribution in [3.05, 3.63) is 23.2 Å². The molecule has 0 radical (unpaired) electrons. The van der Waals surface area contributed by atoms with E-state index in [1.807, 2.05) is 26.0 Å². The molecule has 2 rings (SSSR count). The number of hydrogen-bond donors (Lipinski definition) is 2. The zero-order valence-electron chi connectivity index (χ0n) is 9.43. The first-order chi connectivity index (χ1) is 7.57. The predicted molar refractivity (Wildman–Crippen MR) is 67.0 cm³/mol. The van der Waals surface area contributed by atoms with Crippen LogP contribution in [0.2, 0.25) is 5.02 Å². The van der Waals surface area contributed by atoms with Crippen LogP contribution < -0.4 is 10.6 Å². The van der Waals surface area contributed by atoms with Gasteiger partial charge >= 0.3 is 0 Å². The summed E-state index contributed by atoms with van der Waals surface area (Å²) in [4.78, 5) is 12.1. The van der Waals surface area contributed by atoms with Gasteiger partial charge in [-0.05, 0) is 25.5 Å². The molecule has 4 heteroatoms. The number of fused-ring (bicyclic) bond motifs is 1. The van der Waals surface area contributed by atoms with Gasteiger partial charge in [-0.25, -0.2) is 0 Å². The van der Waals surface area contributed by atoms with Crippen LogP contribution in [-0.2, 0) is 4.79 Å². The number of amides is 1. The number of halogens is 1. The molecule has 0 saturated carbocycles. The molecule has 1 aliphatic heterocycles. The summed E-state index contributed by atoms with van der Waals surface area (Å²) in [6, 6.07) is 5.56. The summed E-state index contributed by atoms with van der Waals surface area (Å²) in [6.45, 7) is 4.59. The Balaban J connectivity index is 2.41. The lowest BCUT2D eigenvalue weighted by atomic mass is 9.86. The highest BCUT2D eigenvalue weighted by molar-refractivity contribution is 6.34. The number of rotatable bonds is 1. The molecular formula is C12H15ClN2O. The van der Waals surface area contributed by atoms with Gasteiger partial charge in [0.15, 0.2) is 0 Å². The van der Waals surface area contributed by atoms with E-state index in [1.165, 1.54) is 0 Å². The van der Waals surface area contributed by atoms with Crippen LogP contribution in [0.4, 0.5) is 11.4 Å². The zero-order valence-corrected chi connectivity index (χ0v) is 10.2. The summed E-state index contributed by atoms with van der Waals surface area (Å²) in [5.74, 6) is 0.0225. The van der Waals surface area contributed by atoms with Gasteiger partial charge in [-0.3, -0.25) is 4.79 Å². The molecule has 0 aliphatic carbocycles. The second-order valence-corrected chi connectivity index (χ2v) is 4.79. The molecule has 1 aromatic rings. The van der Waals surface area contributed by atoms with Gasteiger partial charge in [-0.1, -0.05) is 24.6 Å². The van der Waals surface area contributed by atoms with Crippen LogP contribution in [0.25, 0.3) is 0 Å². The van der Waals surface area contributed by atoms with E-state index in [4.69, 9.17) is 11.6 Å². The fourth-order valence-corrected chi connectivity index (χ4v) is 1.94. The van der Waals surface area contributed by atoms with Crippen molar-refractivity contribution in [2.75, 3.05) is 17.2 Å². The lowest BCUT2D eigenvalue weighted by Gasteiger charge is -2.23. The number of hydrogen-bond acceptors (Lipinski definition) is 2. The minimum absolute atomic E-state index is 0.0225. The molecule has 1 heterocycles. The monoisotopic (exact) mass is 238 g/mol. The van der Waals surface area contributed by atoms with Crippen molar-refractivity contribution in [3.8, 4) is 0 Å². The average Bonchev–Trinajstić information content (AvgIpc) is 2.40. The molecule has 0 bridgehead atoms. The first-order valence-electron chi connectivity index (χ1n) is 5.40. The van der Waals surface area contributed by atoms with Crippen molar-refractivity contribution in [1.82, 2.24) is 0 Å². The molecule has 3 nitrogen and oxygen atoms in total. The predicted octanol–water partition coefficient (Wildman–Crippen LogP) is 3.12. The number of benzene rings is 1. The zero-order chi connectivity index (χ0) is 11.8. The van der Waals surface area contributed by atoms with Gasteiger partial charge in [0.25, 0.3) is 0 Å². The van der Waals surface area contributed by atoms with E-state index in [-0.39, 0.29) is 11.3 Å². The highest BCUT2D eigenvalue weighted by Crippen LogP contribution is 2.36. The third kappa shape index (κ3) is 1.76. The minimum atomic E-state index is -0.387. The van der Waals surface area contributed by atoms with Gasteiger partial charge in [-0.15, -0.1) is 0 Å². The van der Waals surface area contributed by atoms with E-state index in [0.29, 0.717) is 17.3 Å². The van der Waals surface area contributed by atoms with Crippen LogP contribution >= 0.6 is 11.6 Å². The van der Waals surface area contributed by atoms with Gasteiger partial charge < -0.3 is 10.6 Å². The topological polar surface area (TPSA) is 41.1 Å². The van der Waals surface area contributed by atoms with Crippen molar-refractivity contribution < 1.29 is 4.79 Å². The highest BCUT2D eigenvalue weighted by Gasteiger charge is 2.34. The molecule has 0 aromatic heterocycles. The van der Waals surface area contributed by atoms with Crippen molar-refractivity contribution in [2.45, 2.75) is 20.3 Å². The quantitative estimate of drug-likeness (QED) is 0.789. The Labute approximate surface area is 100 Å². The van der Waals surface area contributed by atoms with E-state index in [1.54, 1.807) is 6.07 Å². The SMILES string of the molecule is CCC1(C)CNc2cccc(Cl)c2NC1=O. The molecule has 0 fully saturated rings. The number of carbonyl (C=O) groups excluding carboxylic acids is 1. The summed E-state index contributed by atoms with van der Waals surface area (Å²) < 4.78 is 0. The Hall–Kier alpha value is -1.22. The molecule has 1 aromatic carbocycles. The molecule has 1 atom stereocenters. The number of carbonyl (C=O) groups is 1. The smallest absolute Gasteiger partial charge is 0.232 e.